The number of para-hydroxylation sites is 1. The number of rotatable bonds is 4. The zero-order valence-electron chi connectivity index (χ0n) is 17.4. The van der Waals surface area contributed by atoms with Crippen LogP contribution < -0.4 is 9.96 Å². The van der Waals surface area contributed by atoms with Crippen LogP contribution in [-0.4, -0.2) is 22.8 Å². The summed E-state index contributed by atoms with van der Waals surface area (Å²) < 4.78 is 0. The monoisotopic (exact) mass is 463 g/mol. The molecule has 9 heteroatoms. The summed E-state index contributed by atoms with van der Waals surface area (Å²) >= 11 is 6.46. The smallest absolute Gasteiger partial charge is 0.269 e. The van der Waals surface area contributed by atoms with Crippen LogP contribution in [0.5, 0.6) is 0 Å². The van der Waals surface area contributed by atoms with Gasteiger partial charge in [0.15, 0.2) is 6.10 Å². The van der Waals surface area contributed by atoms with E-state index in [1.807, 2.05) is 25.1 Å². The number of fused-ring (bicyclic) bond motifs is 1. The number of nitro groups is 1. The summed E-state index contributed by atoms with van der Waals surface area (Å²) in [6, 6.07) is 19.2. The number of aryl methyl sites for hydroxylation is 1. The Labute approximate surface area is 194 Å². The van der Waals surface area contributed by atoms with Crippen LogP contribution >= 0.6 is 11.6 Å². The van der Waals surface area contributed by atoms with Crippen LogP contribution in [-0.2, 0) is 14.4 Å². The molecule has 2 fully saturated rings. The molecule has 0 saturated carbocycles. The lowest BCUT2D eigenvalue weighted by molar-refractivity contribution is -0.384. The van der Waals surface area contributed by atoms with Gasteiger partial charge in [0.05, 0.1) is 22.3 Å². The van der Waals surface area contributed by atoms with Gasteiger partial charge in [-0.1, -0.05) is 47.5 Å². The fraction of sp³-hybridized carbons (Fsp3) is 0.167. The Kier molecular flexibility index (Phi) is 5.11. The third-order valence-electron chi connectivity index (χ3n) is 5.93. The number of imide groups is 1. The lowest BCUT2D eigenvalue weighted by Gasteiger charge is -2.29. The first-order valence-electron chi connectivity index (χ1n) is 10.3. The topological polar surface area (TPSA) is 93.0 Å². The minimum atomic E-state index is -1.08. The van der Waals surface area contributed by atoms with E-state index in [9.17, 15) is 19.7 Å². The summed E-state index contributed by atoms with van der Waals surface area (Å²) in [5, 5.41) is 13.1. The van der Waals surface area contributed by atoms with E-state index in [0.29, 0.717) is 16.9 Å². The SMILES string of the molecule is Cc1ccc(N2C(=O)[C@H]3[C@H](ON(c4ccccc4)[C@H]3c3cc([N+](=O)[O-])ccc3Cl)C2=O)cc1. The lowest BCUT2D eigenvalue weighted by atomic mass is 9.90. The molecule has 2 aliphatic rings. The lowest BCUT2D eigenvalue weighted by Crippen LogP contribution is -2.37. The predicted octanol–water partition coefficient (Wildman–Crippen LogP) is 4.61. The number of benzene rings is 3. The highest BCUT2D eigenvalue weighted by Gasteiger charge is 2.60. The van der Waals surface area contributed by atoms with E-state index < -0.39 is 34.8 Å². The average Bonchev–Trinajstić information content (AvgIpc) is 3.31. The average molecular weight is 464 g/mol. The molecule has 2 heterocycles. The highest BCUT2D eigenvalue weighted by molar-refractivity contribution is 6.31. The molecule has 0 bridgehead atoms. The van der Waals surface area contributed by atoms with Crippen molar-refractivity contribution in [3.63, 3.8) is 0 Å². The molecule has 5 rings (SSSR count). The number of carbonyl (C=O) groups excluding carboxylic acids is 2. The maximum Gasteiger partial charge on any atom is 0.269 e. The second-order valence-corrected chi connectivity index (χ2v) is 8.38. The third kappa shape index (κ3) is 3.44. The largest absolute Gasteiger partial charge is 0.273 e. The van der Waals surface area contributed by atoms with Gasteiger partial charge in [0.25, 0.3) is 11.6 Å². The molecule has 8 nitrogen and oxygen atoms in total. The number of carbonyl (C=O) groups is 2. The van der Waals surface area contributed by atoms with Crippen molar-refractivity contribution in [3.8, 4) is 0 Å². The van der Waals surface area contributed by atoms with Crippen molar-refractivity contribution < 1.29 is 19.3 Å². The standard InChI is InChI=1S/C24H18ClN3O5/c1-14-7-9-15(10-8-14)26-23(29)20-21(18-13-17(28(31)32)11-12-19(18)25)27(33-22(20)24(26)30)16-5-3-2-4-6-16/h2-13,20-22H,1H3/t20-,21+,22+/m1/s1. The molecule has 0 radical (unpaired) electrons. The minimum Gasteiger partial charge on any atom is -0.273 e. The van der Waals surface area contributed by atoms with Crippen molar-refractivity contribution >= 4 is 40.5 Å². The van der Waals surface area contributed by atoms with Gasteiger partial charge >= 0.3 is 0 Å². The summed E-state index contributed by atoms with van der Waals surface area (Å²) in [6.45, 7) is 1.91. The number of halogens is 1. The van der Waals surface area contributed by atoms with Gasteiger partial charge in [-0.2, -0.15) is 0 Å². The van der Waals surface area contributed by atoms with Crippen LogP contribution in [0.25, 0.3) is 0 Å². The summed E-state index contributed by atoms with van der Waals surface area (Å²) in [7, 11) is 0. The summed E-state index contributed by atoms with van der Waals surface area (Å²) in [5.41, 5.74) is 2.21. The normalized spacial score (nSPS) is 22.1. The van der Waals surface area contributed by atoms with Gasteiger partial charge in [0.2, 0.25) is 5.91 Å². The van der Waals surface area contributed by atoms with Crippen LogP contribution in [0.2, 0.25) is 5.02 Å². The second-order valence-electron chi connectivity index (χ2n) is 7.97. The van der Waals surface area contributed by atoms with Crippen molar-refractivity contribution in [1.29, 1.82) is 0 Å². The number of anilines is 2. The maximum atomic E-state index is 13.6. The Morgan fingerprint density at radius 3 is 2.30 bits per heavy atom. The molecule has 0 N–H and O–H groups in total. The van der Waals surface area contributed by atoms with Crippen LogP contribution in [0, 0.1) is 23.0 Å². The molecule has 3 atom stereocenters. The molecule has 2 aliphatic heterocycles. The molecule has 0 aliphatic carbocycles. The summed E-state index contributed by atoms with van der Waals surface area (Å²) in [4.78, 5) is 45.0. The van der Waals surface area contributed by atoms with Gasteiger partial charge in [-0.3, -0.25) is 24.5 Å². The molecule has 3 aromatic carbocycles. The predicted molar refractivity (Wildman–Crippen MR) is 122 cm³/mol. The van der Waals surface area contributed by atoms with Crippen LogP contribution in [0.1, 0.15) is 17.2 Å². The Balaban J connectivity index is 1.63. The minimum absolute atomic E-state index is 0.168. The Hall–Kier alpha value is -3.75. The van der Waals surface area contributed by atoms with E-state index in [2.05, 4.69) is 0 Å². The van der Waals surface area contributed by atoms with Gasteiger partial charge in [-0.15, -0.1) is 0 Å². The second kappa shape index (κ2) is 7.99. The molecule has 2 saturated heterocycles. The number of nitrogens with zero attached hydrogens (tertiary/aromatic N) is 3. The molecular weight excluding hydrogens is 446 g/mol. The Bertz CT molecular complexity index is 1260. The van der Waals surface area contributed by atoms with Crippen molar-refractivity contribution in [2.45, 2.75) is 19.1 Å². The Morgan fingerprint density at radius 1 is 0.939 bits per heavy atom. The quantitative estimate of drug-likeness (QED) is 0.319. The summed E-state index contributed by atoms with van der Waals surface area (Å²) in [6.07, 6.45) is -1.08. The van der Waals surface area contributed by atoms with Gasteiger partial charge in [0.1, 0.15) is 5.92 Å². The number of hydrogen-bond donors (Lipinski definition) is 0. The van der Waals surface area contributed by atoms with E-state index >= 15 is 0 Å². The maximum absolute atomic E-state index is 13.6. The zero-order valence-corrected chi connectivity index (χ0v) is 18.2. The van der Waals surface area contributed by atoms with Gasteiger partial charge in [0, 0.05) is 22.7 Å². The van der Waals surface area contributed by atoms with Crippen LogP contribution in [0.15, 0.2) is 72.8 Å². The van der Waals surface area contributed by atoms with E-state index in [1.54, 1.807) is 36.4 Å². The van der Waals surface area contributed by atoms with E-state index in [0.717, 1.165) is 10.5 Å². The fourth-order valence-corrected chi connectivity index (χ4v) is 4.58. The van der Waals surface area contributed by atoms with Crippen molar-refractivity contribution in [2.24, 2.45) is 5.92 Å². The molecule has 166 valence electrons. The highest BCUT2D eigenvalue weighted by Crippen LogP contribution is 2.49. The molecule has 0 aromatic heterocycles. The molecule has 0 unspecified atom stereocenters. The zero-order chi connectivity index (χ0) is 23.3. The highest BCUT2D eigenvalue weighted by atomic mass is 35.5. The fourth-order valence-electron chi connectivity index (χ4n) is 4.35. The van der Waals surface area contributed by atoms with E-state index in [-0.39, 0.29) is 10.7 Å². The molecule has 0 spiro atoms. The number of hydrogen-bond acceptors (Lipinski definition) is 6. The van der Waals surface area contributed by atoms with Crippen molar-refractivity contribution in [2.75, 3.05) is 9.96 Å². The number of amides is 2. The number of hydroxylamine groups is 1. The first-order valence-corrected chi connectivity index (χ1v) is 10.6. The first kappa shape index (κ1) is 21.1. The first-order chi connectivity index (χ1) is 15.9. The van der Waals surface area contributed by atoms with Gasteiger partial charge < -0.3 is 0 Å². The van der Waals surface area contributed by atoms with Crippen molar-refractivity contribution in [1.82, 2.24) is 0 Å². The molecule has 2 amide bonds. The van der Waals surface area contributed by atoms with E-state index in [4.69, 9.17) is 16.4 Å². The molecule has 33 heavy (non-hydrogen) atoms. The molecule has 3 aromatic rings. The van der Waals surface area contributed by atoms with Gasteiger partial charge in [-0.05, 0) is 37.3 Å². The van der Waals surface area contributed by atoms with Crippen molar-refractivity contribution in [3.05, 3.63) is 99.1 Å². The van der Waals surface area contributed by atoms with E-state index in [1.165, 1.54) is 23.3 Å². The third-order valence-corrected chi connectivity index (χ3v) is 6.27. The molecular formula is C24H18ClN3O5. The number of nitro benzene ring substituents is 1. The Morgan fingerprint density at radius 2 is 1.64 bits per heavy atom. The van der Waals surface area contributed by atoms with Crippen LogP contribution in [0.4, 0.5) is 17.1 Å². The van der Waals surface area contributed by atoms with Gasteiger partial charge in [-0.25, -0.2) is 9.96 Å². The number of non-ortho nitro benzene ring substituents is 1. The van der Waals surface area contributed by atoms with Crippen LogP contribution in [0.3, 0.4) is 0 Å². The summed E-state index contributed by atoms with van der Waals surface area (Å²) in [5.74, 6) is -1.86.